The van der Waals surface area contributed by atoms with E-state index in [1.807, 2.05) is 0 Å². The quantitative estimate of drug-likeness (QED) is 0.886. The van der Waals surface area contributed by atoms with Gasteiger partial charge in [-0.3, -0.25) is 4.79 Å². The lowest BCUT2D eigenvalue weighted by atomic mass is 9.77. The highest BCUT2D eigenvalue weighted by Crippen LogP contribution is 2.34. The number of hydrogen-bond donors (Lipinski definition) is 2. The molecule has 0 spiro atoms. The predicted octanol–water partition coefficient (Wildman–Crippen LogP) is 1.73. The molecule has 1 aliphatic heterocycles. The van der Waals surface area contributed by atoms with E-state index in [-0.39, 0.29) is 18.1 Å². The Morgan fingerprint density at radius 2 is 2.12 bits per heavy atom. The second-order valence-corrected chi connectivity index (χ2v) is 7.18. The van der Waals surface area contributed by atoms with Crippen molar-refractivity contribution < 1.29 is 9.53 Å². The zero-order chi connectivity index (χ0) is 16.7. The standard InChI is InChI=1S/C17H21ClN4O2/c1-24-15-5-11-7-19-6-10(11)4-13(15)21-17(23)14-9-22-8-12(18)2-3-16(22)20-14/h2-3,8-11,13,15,19H,4-7H2,1H3,(H,21,23)/t10-,11+,13-,15-/m0/s1. The van der Waals surface area contributed by atoms with Gasteiger partial charge in [0, 0.05) is 19.5 Å². The van der Waals surface area contributed by atoms with E-state index in [4.69, 9.17) is 16.3 Å². The molecule has 7 heteroatoms. The molecular formula is C17H21ClN4O2. The van der Waals surface area contributed by atoms with Crippen molar-refractivity contribution >= 4 is 23.2 Å². The van der Waals surface area contributed by atoms with Crippen LogP contribution in [0.3, 0.4) is 0 Å². The van der Waals surface area contributed by atoms with Gasteiger partial charge in [0.15, 0.2) is 0 Å². The number of aromatic nitrogens is 2. The molecule has 1 saturated carbocycles. The normalized spacial score (nSPS) is 29.6. The zero-order valence-electron chi connectivity index (χ0n) is 13.5. The summed E-state index contributed by atoms with van der Waals surface area (Å²) >= 11 is 5.98. The average Bonchev–Trinajstić information content (AvgIpc) is 3.19. The van der Waals surface area contributed by atoms with Crippen LogP contribution in [0.15, 0.2) is 24.5 Å². The molecule has 0 aromatic carbocycles. The molecule has 2 N–H and O–H groups in total. The van der Waals surface area contributed by atoms with Crippen molar-refractivity contribution in [1.29, 1.82) is 0 Å². The van der Waals surface area contributed by atoms with Crippen LogP contribution >= 0.6 is 11.6 Å². The Bertz CT molecular complexity index is 762. The molecule has 128 valence electrons. The van der Waals surface area contributed by atoms with Crippen LogP contribution in [0.25, 0.3) is 5.65 Å². The number of imidazole rings is 1. The number of hydrogen-bond acceptors (Lipinski definition) is 4. The highest BCUT2D eigenvalue weighted by Gasteiger charge is 2.40. The first kappa shape index (κ1) is 15.9. The molecule has 6 nitrogen and oxygen atoms in total. The molecule has 1 aliphatic carbocycles. The molecule has 24 heavy (non-hydrogen) atoms. The molecule has 4 rings (SSSR count). The molecule has 4 atom stereocenters. The fourth-order valence-electron chi connectivity index (χ4n) is 4.01. The van der Waals surface area contributed by atoms with Crippen LogP contribution < -0.4 is 10.6 Å². The third-order valence-corrected chi connectivity index (χ3v) is 5.51. The van der Waals surface area contributed by atoms with Crippen LogP contribution in [0.4, 0.5) is 0 Å². The maximum atomic E-state index is 12.6. The van der Waals surface area contributed by atoms with Gasteiger partial charge in [-0.15, -0.1) is 0 Å². The molecule has 0 bridgehead atoms. The topological polar surface area (TPSA) is 67.7 Å². The van der Waals surface area contributed by atoms with Gasteiger partial charge in [-0.1, -0.05) is 11.6 Å². The molecule has 1 saturated heterocycles. The van der Waals surface area contributed by atoms with E-state index < -0.39 is 0 Å². The first-order valence-electron chi connectivity index (χ1n) is 8.32. The Kier molecular flexibility index (Phi) is 4.20. The van der Waals surface area contributed by atoms with E-state index >= 15 is 0 Å². The van der Waals surface area contributed by atoms with E-state index in [1.54, 1.807) is 36.0 Å². The van der Waals surface area contributed by atoms with E-state index in [9.17, 15) is 4.79 Å². The summed E-state index contributed by atoms with van der Waals surface area (Å²) in [4.78, 5) is 17.0. The molecule has 0 unspecified atom stereocenters. The van der Waals surface area contributed by atoms with Crippen LogP contribution in [0.5, 0.6) is 0 Å². The van der Waals surface area contributed by atoms with Gasteiger partial charge >= 0.3 is 0 Å². The van der Waals surface area contributed by atoms with Crippen LogP contribution in [0.2, 0.25) is 5.02 Å². The van der Waals surface area contributed by atoms with Crippen molar-refractivity contribution in [1.82, 2.24) is 20.0 Å². The van der Waals surface area contributed by atoms with Crippen molar-refractivity contribution in [3.8, 4) is 0 Å². The number of carbonyl (C=O) groups excluding carboxylic acids is 1. The monoisotopic (exact) mass is 348 g/mol. The fraction of sp³-hybridized carbons (Fsp3) is 0.529. The number of carbonyl (C=O) groups is 1. The molecule has 2 fully saturated rings. The van der Waals surface area contributed by atoms with Crippen LogP contribution in [0.1, 0.15) is 23.3 Å². The summed E-state index contributed by atoms with van der Waals surface area (Å²) < 4.78 is 7.40. The number of methoxy groups -OCH3 is 1. The maximum absolute atomic E-state index is 12.6. The van der Waals surface area contributed by atoms with Gasteiger partial charge in [0.05, 0.1) is 17.2 Å². The Morgan fingerprint density at radius 3 is 2.92 bits per heavy atom. The Hall–Kier alpha value is -1.63. The summed E-state index contributed by atoms with van der Waals surface area (Å²) in [7, 11) is 1.72. The summed E-state index contributed by atoms with van der Waals surface area (Å²) in [6.07, 6.45) is 5.44. The second kappa shape index (κ2) is 6.35. The number of halogens is 1. The third-order valence-electron chi connectivity index (χ3n) is 5.29. The predicted molar refractivity (Wildman–Crippen MR) is 91.3 cm³/mol. The number of nitrogens with one attached hydrogen (secondary N) is 2. The zero-order valence-corrected chi connectivity index (χ0v) is 14.3. The summed E-state index contributed by atoms with van der Waals surface area (Å²) in [6, 6.07) is 3.59. The number of rotatable bonds is 3. The van der Waals surface area contributed by atoms with E-state index in [2.05, 4.69) is 15.6 Å². The van der Waals surface area contributed by atoms with Gasteiger partial charge < -0.3 is 19.8 Å². The summed E-state index contributed by atoms with van der Waals surface area (Å²) in [5.74, 6) is 1.10. The number of pyridine rings is 1. The number of fused-ring (bicyclic) bond motifs is 2. The molecule has 2 aromatic rings. The van der Waals surface area contributed by atoms with E-state index in [0.717, 1.165) is 25.9 Å². The second-order valence-electron chi connectivity index (χ2n) is 6.74. The fourth-order valence-corrected chi connectivity index (χ4v) is 4.18. The van der Waals surface area contributed by atoms with Crippen molar-refractivity contribution in [2.75, 3.05) is 20.2 Å². The molecule has 0 radical (unpaired) electrons. The highest BCUT2D eigenvalue weighted by atomic mass is 35.5. The van der Waals surface area contributed by atoms with Gasteiger partial charge in [-0.05, 0) is 49.9 Å². The molecule has 2 aromatic heterocycles. The van der Waals surface area contributed by atoms with E-state index in [1.165, 1.54) is 0 Å². The number of nitrogens with zero attached hydrogens (tertiary/aromatic N) is 2. The van der Waals surface area contributed by atoms with Gasteiger partial charge in [0.2, 0.25) is 0 Å². The van der Waals surface area contributed by atoms with Crippen LogP contribution in [-0.4, -0.2) is 47.6 Å². The van der Waals surface area contributed by atoms with Gasteiger partial charge in [-0.25, -0.2) is 4.98 Å². The Balaban J connectivity index is 1.51. The van der Waals surface area contributed by atoms with Crippen molar-refractivity contribution in [2.24, 2.45) is 11.8 Å². The molecule has 1 amide bonds. The lowest BCUT2D eigenvalue weighted by Crippen LogP contribution is -2.50. The number of ether oxygens (including phenoxy) is 1. The van der Waals surface area contributed by atoms with Gasteiger partial charge in [-0.2, -0.15) is 0 Å². The average molecular weight is 349 g/mol. The SMILES string of the molecule is CO[C@H]1C[C@@H]2CNC[C@@H]2C[C@@H]1NC(=O)c1cn2cc(Cl)ccc2n1. The van der Waals surface area contributed by atoms with Crippen LogP contribution in [0, 0.1) is 11.8 Å². The Morgan fingerprint density at radius 1 is 1.33 bits per heavy atom. The van der Waals surface area contributed by atoms with Gasteiger partial charge in [0.1, 0.15) is 11.3 Å². The summed E-state index contributed by atoms with van der Waals surface area (Å²) in [6.45, 7) is 2.08. The highest BCUT2D eigenvalue weighted by molar-refractivity contribution is 6.30. The lowest BCUT2D eigenvalue weighted by Gasteiger charge is -2.37. The first-order valence-corrected chi connectivity index (χ1v) is 8.70. The summed E-state index contributed by atoms with van der Waals surface area (Å²) in [5, 5.41) is 7.17. The molecular weight excluding hydrogens is 328 g/mol. The smallest absolute Gasteiger partial charge is 0.271 e. The third kappa shape index (κ3) is 2.90. The Labute approximate surface area is 145 Å². The molecule has 3 heterocycles. The van der Waals surface area contributed by atoms with E-state index in [0.29, 0.717) is 28.2 Å². The lowest BCUT2D eigenvalue weighted by molar-refractivity contribution is 0.0125. The minimum Gasteiger partial charge on any atom is -0.379 e. The minimum absolute atomic E-state index is 0.0250. The van der Waals surface area contributed by atoms with Crippen molar-refractivity contribution in [3.05, 3.63) is 35.2 Å². The van der Waals surface area contributed by atoms with Crippen molar-refractivity contribution in [2.45, 2.75) is 25.0 Å². The maximum Gasteiger partial charge on any atom is 0.271 e. The van der Waals surface area contributed by atoms with Gasteiger partial charge in [0.25, 0.3) is 5.91 Å². The first-order chi connectivity index (χ1) is 11.6. The number of amides is 1. The summed E-state index contributed by atoms with van der Waals surface area (Å²) in [5.41, 5.74) is 1.11. The largest absolute Gasteiger partial charge is 0.379 e. The van der Waals surface area contributed by atoms with Crippen LogP contribution in [-0.2, 0) is 4.74 Å². The van der Waals surface area contributed by atoms with Crippen molar-refractivity contribution in [3.63, 3.8) is 0 Å². The molecule has 2 aliphatic rings. The minimum atomic E-state index is -0.161.